The number of aryl methyl sites for hydroxylation is 1. The van der Waals surface area contributed by atoms with Gasteiger partial charge in [0.05, 0.1) is 22.0 Å². The van der Waals surface area contributed by atoms with Gasteiger partial charge in [0.15, 0.2) is 0 Å². The highest BCUT2D eigenvalue weighted by Crippen LogP contribution is 2.48. The molecule has 0 radical (unpaired) electrons. The lowest BCUT2D eigenvalue weighted by Crippen LogP contribution is -2.52. The van der Waals surface area contributed by atoms with Crippen molar-refractivity contribution < 1.29 is 23.6 Å². The van der Waals surface area contributed by atoms with E-state index in [1.54, 1.807) is 6.07 Å². The molecule has 1 saturated heterocycles. The maximum absolute atomic E-state index is 13.9. The maximum atomic E-state index is 13.9. The van der Waals surface area contributed by atoms with Crippen LogP contribution in [0.25, 0.3) is 0 Å². The van der Waals surface area contributed by atoms with E-state index in [-0.39, 0.29) is 23.2 Å². The van der Waals surface area contributed by atoms with Crippen LogP contribution < -0.4 is 14.4 Å². The number of rotatable bonds is 1. The maximum Gasteiger partial charge on any atom is 0.262 e. The summed E-state index contributed by atoms with van der Waals surface area (Å²) in [5.74, 6) is 11.7. The van der Waals surface area contributed by atoms with E-state index in [1.165, 1.54) is 11.1 Å². The van der Waals surface area contributed by atoms with Crippen LogP contribution in [0.5, 0.6) is 5.75 Å². The van der Waals surface area contributed by atoms with Gasteiger partial charge >= 0.3 is 0 Å². The number of nitrogens with zero attached hydrogens (tertiary/aromatic N) is 1. The largest absolute Gasteiger partial charge is 0.490 e. The molecule has 268 valence electrons. The summed E-state index contributed by atoms with van der Waals surface area (Å²) in [6.45, 7) is 7.34. The molecule has 7 rings (SSSR count). The van der Waals surface area contributed by atoms with E-state index < -0.39 is 26.5 Å². The number of ether oxygens (including phenoxy) is 2. The molecule has 2 N–H and O–H groups in total. The minimum atomic E-state index is -2.99. The second-order valence-electron chi connectivity index (χ2n) is 15.6. The number of hydrogen-bond donors (Lipinski definition) is 2. The smallest absolute Gasteiger partial charge is 0.262 e. The lowest BCUT2D eigenvalue weighted by Gasteiger charge is -2.47. The van der Waals surface area contributed by atoms with Gasteiger partial charge in [0.1, 0.15) is 11.4 Å². The summed E-state index contributed by atoms with van der Waals surface area (Å²) in [6.07, 6.45) is 12.1. The second-order valence-corrected chi connectivity index (χ2v) is 18.4. The SMILES string of the molecule is C=S1(=O)NC(=O)c2ccc3c(c2)N(C[C@@H]2CC[C@H]2[C@](O)(C#CCC2CCOCC2)/C=C/C[C@H](C)[C@H]1C)C[C@@]1(CCCc2cc(Cl)ccc21)CO3. The first kappa shape index (κ1) is 35.4. The van der Waals surface area contributed by atoms with Gasteiger partial charge in [0, 0.05) is 59.9 Å². The van der Waals surface area contributed by atoms with Crippen LogP contribution in [0.2, 0.25) is 5.02 Å². The average Bonchev–Trinajstić information content (AvgIpc) is 3.22. The average molecular weight is 719 g/mol. The van der Waals surface area contributed by atoms with E-state index in [1.807, 2.05) is 44.2 Å². The van der Waals surface area contributed by atoms with Crippen LogP contribution in [-0.4, -0.2) is 64.9 Å². The number of amides is 1. The zero-order valence-electron chi connectivity index (χ0n) is 29.4. The molecule has 3 heterocycles. The molecule has 2 fully saturated rings. The highest BCUT2D eigenvalue weighted by molar-refractivity contribution is 7.99. The Labute approximate surface area is 303 Å². The number of allylic oxidation sites excluding steroid dienone is 1. The van der Waals surface area contributed by atoms with Crippen molar-refractivity contribution in [3.05, 3.63) is 70.3 Å². The molecule has 5 aliphatic rings. The molecule has 2 bridgehead atoms. The van der Waals surface area contributed by atoms with Crippen molar-refractivity contribution in [2.24, 2.45) is 23.7 Å². The topological polar surface area (TPSA) is 88.1 Å². The monoisotopic (exact) mass is 718 g/mol. The molecule has 7 atom stereocenters. The number of carbonyl (C=O) groups excluding carboxylic acids is 1. The summed E-state index contributed by atoms with van der Waals surface area (Å²) in [5, 5.41) is 12.8. The first-order valence-electron chi connectivity index (χ1n) is 18.4. The third-order valence-electron chi connectivity index (χ3n) is 12.3. The molecule has 2 aromatic rings. The van der Waals surface area contributed by atoms with E-state index >= 15 is 0 Å². The lowest BCUT2D eigenvalue weighted by atomic mass is 9.64. The Hall–Kier alpha value is -2.96. The summed E-state index contributed by atoms with van der Waals surface area (Å²) < 4.78 is 28.9. The van der Waals surface area contributed by atoms with Gasteiger partial charge in [-0.2, -0.15) is 0 Å². The van der Waals surface area contributed by atoms with Crippen LogP contribution in [0.4, 0.5) is 5.69 Å². The first-order valence-corrected chi connectivity index (χ1v) is 20.6. The zero-order valence-corrected chi connectivity index (χ0v) is 31.0. The van der Waals surface area contributed by atoms with Crippen molar-refractivity contribution >= 4 is 38.8 Å². The molecular weight excluding hydrogens is 668 g/mol. The summed E-state index contributed by atoms with van der Waals surface area (Å²) in [5.41, 5.74) is 2.25. The first-order chi connectivity index (χ1) is 24.0. The number of anilines is 1. The normalized spacial score (nSPS) is 35.2. The molecule has 1 spiro atoms. The van der Waals surface area contributed by atoms with Crippen molar-refractivity contribution in [2.45, 2.75) is 87.9 Å². The zero-order chi connectivity index (χ0) is 35.1. The third-order valence-corrected chi connectivity index (χ3v) is 14.7. The van der Waals surface area contributed by atoms with Crippen molar-refractivity contribution in [1.29, 1.82) is 0 Å². The van der Waals surface area contributed by atoms with Crippen LogP contribution in [0, 0.1) is 35.5 Å². The third kappa shape index (κ3) is 7.08. The van der Waals surface area contributed by atoms with Crippen LogP contribution in [0.1, 0.15) is 86.7 Å². The summed E-state index contributed by atoms with van der Waals surface area (Å²) in [6, 6.07) is 11.8. The number of carbonyl (C=O) groups is 1. The Morgan fingerprint density at radius 3 is 2.74 bits per heavy atom. The van der Waals surface area contributed by atoms with Crippen molar-refractivity contribution in [2.75, 3.05) is 37.8 Å². The second kappa shape index (κ2) is 14.2. The highest BCUT2D eigenvalue weighted by atomic mass is 35.5. The lowest BCUT2D eigenvalue weighted by molar-refractivity contribution is -0.00331. The van der Waals surface area contributed by atoms with Crippen molar-refractivity contribution in [3.63, 3.8) is 0 Å². The Balaban J connectivity index is 1.29. The molecule has 2 aromatic carbocycles. The number of halogens is 1. The van der Waals surface area contributed by atoms with Gasteiger partial charge in [0.25, 0.3) is 5.91 Å². The van der Waals surface area contributed by atoms with Crippen LogP contribution in [0.15, 0.2) is 48.6 Å². The number of benzene rings is 2. The van der Waals surface area contributed by atoms with Crippen molar-refractivity contribution in [3.8, 4) is 17.6 Å². The minimum Gasteiger partial charge on any atom is -0.490 e. The highest BCUT2D eigenvalue weighted by Gasteiger charge is 2.47. The standard InChI is InChI=1S/C41H51ClN2O5S/c1-28-7-4-19-41(46,20-5-8-30-16-21-48-22-17-30)36-13-10-33(36)25-44-26-40(18-6-9-31-23-34(42)12-14-35(31)40)27-49-38-15-11-32(24-37(38)44)39(45)43-50(3,47)29(28)2/h4,11-12,14-15,19,23-24,28-30,33,36,46H,3,6-10,13,16-18,21-22,25-27H2,1-2H3,(H,43,45,47)/b19-4+/t28-,29+,33-,36+,40-,41+,50?/m0/s1. The Morgan fingerprint density at radius 2 is 1.96 bits per heavy atom. The number of fused-ring (bicyclic) bond motifs is 4. The quantitative estimate of drug-likeness (QED) is 0.193. The van der Waals surface area contributed by atoms with Crippen LogP contribution in [-0.2, 0) is 26.3 Å². The van der Waals surface area contributed by atoms with Gasteiger partial charge in [0.2, 0.25) is 0 Å². The summed E-state index contributed by atoms with van der Waals surface area (Å²) in [4.78, 5) is 16.1. The fourth-order valence-electron chi connectivity index (χ4n) is 8.79. The van der Waals surface area contributed by atoms with E-state index in [0.29, 0.717) is 37.6 Å². The number of aliphatic hydroxyl groups is 1. The van der Waals surface area contributed by atoms with Gasteiger partial charge in [-0.1, -0.05) is 42.5 Å². The summed E-state index contributed by atoms with van der Waals surface area (Å²) in [7, 11) is -2.99. The molecule has 2 aliphatic carbocycles. The predicted octanol–water partition coefficient (Wildman–Crippen LogP) is 6.74. The molecule has 7 nitrogen and oxygen atoms in total. The molecule has 1 unspecified atom stereocenters. The van der Waals surface area contributed by atoms with Crippen molar-refractivity contribution in [1.82, 2.24) is 4.72 Å². The molecule has 9 heteroatoms. The fourth-order valence-corrected chi connectivity index (χ4v) is 10.5. The van der Waals surface area contributed by atoms with E-state index in [2.05, 4.69) is 39.5 Å². The molecule has 1 saturated carbocycles. The molecule has 0 aromatic heterocycles. The predicted molar refractivity (Wildman–Crippen MR) is 202 cm³/mol. The molecule has 3 aliphatic heterocycles. The van der Waals surface area contributed by atoms with E-state index in [4.69, 9.17) is 21.1 Å². The molecule has 50 heavy (non-hydrogen) atoms. The van der Waals surface area contributed by atoms with Gasteiger partial charge in [-0.25, -0.2) is 4.21 Å². The van der Waals surface area contributed by atoms with E-state index in [9.17, 15) is 14.1 Å². The Morgan fingerprint density at radius 1 is 1.14 bits per heavy atom. The van der Waals surface area contributed by atoms with Crippen LogP contribution in [0.3, 0.4) is 0 Å². The van der Waals surface area contributed by atoms with Gasteiger partial charge in [-0.3, -0.25) is 9.52 Å². The Kier molecular flexibility index (Phi) is 10.1. The van der Waals surface area contributed by atoms with E-state index in [0.717, 1.165) is 81.0 Å². The van der Waals surface area contributed by atoms with Gasteiger partial charge in [-0.15, -0.1) is 0 Å². The number of hydrogen-bond acceptors (Lipinski definition) is 6. The fraction of sp³-hybridized carbons (Fsp3) is 0.561. The molecular formula is C41H51ClN2O5S. The summed E-state index contributed by atoms with van der Waals surface area (Å²) >= 11 is 6.47. The van der Waals surface area contributed by atoms with Crippen LogP contribution >= 0.6 is 11.6 Å². The Bertz CT molecular complexity index is 1810. The van der Waals surface area contributed by atoms with Gasteiger partial charge < -0.3 is 19.5 Å². The number of nitrogens with one attached hydrogen (secondary N) is 1. The van der Waals surface area contributed by atoms with Gasteiger partial charge in [-0.05, 0) is 129 Å². The molecule has 1 amide bonds. The minimum absolute atomic E-state index is 0.0499.